The van der Waals surface area contributed by atoms with E-state index >= 15 is 0 Å². The van der Waals surface area contributed by atoms with Gasteiger partial charge in [0.1, 0.15) is 28.3 Å². The second-order valence-electron chi connectivity index (χ2n) is 19.9. The van der Waals surface area contributed by atoms with Gasteiger partial charge in [-0.15, -0.1) is 0 Å². The molecule has 2 N–H and O–H groups in total. The molecule has 1 fully saturated rings. The highest BCUT2D eigenvalue weighted by atomic mass is 16.6. The van der Waals surface area contributed by atoms with Crippen LogP contribution < -0.4 is 10.6 Å². The zero-order chi connectivity index (χ0) is 47.0. The van der Waals surface area contributed by atoms with Gasteiger partial charge in [-0.25, -0.2) is 24.2 Å². The number of fused-ring (bicyclic) bond motifs is 1. The van der Waals surface area contributed by atoms with Gasteiger partial charge < -0.3 is 20.1 Å². The summed E-state index contributed by atoms with van der Waals surface area (Å²) in [6, 6.07) is 51.0. The quantitative estimate of drug-likeness (QED) is 0.104. The van der Waals surface area contributed by atoms with E-state index in [1.165, 1.54) is 5.56 Å². The van der Waals surface area contributed by atoms with Gasteiger partial charge in [-0.3, -0.25) is 0 Å². The van der Waals surface area contributed by atoms with Gasteiger partial charge in [0, 0.05) is 30.8 Å². The van der Waals surface area contributed by atoms with Gasteiger partial charge in [0.25, 0.3) is 0 Å². The standard InChI is InChI=1S/C57H64N6O4/c1-55(2,3)66-53(64)58-35-34-43(42-21-11-7-12-22-42)36-41-20-19-23-44(37-41)51-49-39-59-50(38-40-30-32-48(33-31-40)60-54(65)67-56(4,5)6)61-52(49)63(62-51)57(45-24-13-8-14-25-45,46-26-15-9-16-27-46)47-28-17-10-18-29-47/h7-29,37,39-40,43,48H,30-36,38H2,1-6H3,(H,58,64)(H,60,65). The molecule has 2 heterocycles. The van der Waals surface area contributed by atoms with Crippen LogP contribution in [-0.2, 0) is 27.9 Å². The monoisotopic (exact) mass is 896 g/mol. The first-order valence-electron chi connectivity index (χ1n) is 23.8. The average molecular weight is 897 g/mol. The van der Waals surface area contributed by atoms with Crippen molar-refractivity contribution in [1.29, 1.82) is 0 Å². The average Bonchev–Trinajstić information content (AvgIpc) is 3.69. The molecule has 0 bridgehead atoms. The SMILES string of the molecule is CC(C)(C)OC(=O)NCCC(Cc1cccc(-c2nn(C(c3ccccc3)(c3ccccc3)c3ccccc3)c3nc(CC4CCC(NC(=O)OC(C)(C)C)CC4)ncc23)c1)c1ccccc1. The molecule has 0 aliphatic heterocycles. The Morgan fingerprint density at radius 3 is 1.81 bits per heavy atom. The Morgan fingerprint density at radius 2 is 1.24 bits per heavy atom. The Hall–Kier alpha value is -6.81. The second kappa shape index (κ2) is 20.4. The number of aromatic nitrogens is 4. The number of carbonyl (C=O) groups is 2. The van der Waals surface area contributed by atoms with Crippen molar-refractivity contribution in [2.75, 3.05) is 6.54 Å². The van der Waals surface area contributed by atoms with Crippen LogP contribution in [0.2, 0.25) is 0 Å². The van der Waals surface area contributed by atoms with E-state index in [9.17, 15) is 9.59 Å². The van der Waals surface area contributed by atoms with E-state index in [-0.39, 0.29) is 18.1 Å². The molecule has 346 valence electrons. The summed E-state index contributed by atoms with van der Waals surface area (Å²) in [4.78, 5) is 35.8. The van der Waals surface area contributed by atoms with Crippen LogP contribution in [0.1, 0.15) is 113 Å². The lowest BCUT2D eigenvalue weighted by molar-refractivity contribution is 0.0484. The van der Waals surface area contributed by atoms with Crippen LogP contribution in [0.15, 0.2) is 152 Å². The molecule has 2 amide bonds. The molecule has 0 saturated heterocycles. The van der Waals surface area contributed by atoms with Crippen molar-refractivity contribution in [3.8, 4) is 11.3 Å². The van der Waals surface area contributed by atoms with E-state index in [4.69, 9.17) is 24.5 Å². The molecule has 0 radical (unpaired) electrons. The third-order valence-corrected chi connectivity index (χ3v) is 12.5. The number of hydrogen-bond acceptors (Lipinski definition) is 7. The summed E-state index contributed by atoms with van der Waals surface area (Å²) in [5.74, 6) is 1.27. The fraction of sp³-hybridized carbons (Fsp3) is 0.351. The summed E-state index contributed by atoms with van der Waals surface area (Å²) < 4.78 is 13.2. The van der Waals surface area contributed by atoms with Crippen LogP contribution in [0.25, 0.3) is 22.3 Å². The highest BCUT2D eigenvalue weighted by molar-refractivity contribution is 5.91. The zero-order valence-corrected chi connectivity index (χ0v) is 39.7. The predicted octanol–water partition coefficient (Wildman–Crippen LogP) is 12.2. The third kappa shape index (κ3) is 11.4. The molecule has 1 unspecified atom stereocenters. The summed E-state index contributed by atoms with van der Waals surface area (Å²) in [7, 11) is 0. The number of carbonyl (C=O) groups excluding carboxylic acids is 2. The molecular weight excluding hydrogens is 833 g/mol. The molecule has 0 spiro atoms. The second-order valence-corrected chi connectivity index (χ2v) is 19.9. The van der Waals surface area contributed by atoms with E-state index in [1.54, 1.807) is 0 Å². The maximum atomic E-state index is 12.6. The topological polar surface area (TPSA) is 120 Å². The smallest absolute Gasteiger partial charge is 0.407 e. The fourth-order valence-electron chi connectivity index (χ4n) is 9.54. The van der Waals surface area contributed by atoms with Gasteiger partial charge >= 0.3 is 12.2 Å². The van der Waals surface area contributed by atoms with Crippen LogP contribution >= 0.6 is 0 Å². The number of benzene rings is 5. The highest BCUT2D eigenvalue weighted by Gasteiger charge is 2.42. The van der Waals surface area contributed by atoms with Gasteiger partial charge in [-0.1, -0.05) is 140 Å². The summed E-state index contributed by atoms with van der Waals surface area (Å²) in [6.45, 7) is 11.8. The Labute approximate surface area is 395 Å². The number of nitrogens with zero attached hydrogens (tertiary/aromatic N) is 4. The van der Waals surface area contributed by atoms with Crippen LogP contribution in [-0.4, -0.2) is 55.7 Å². The molecule has 2 aromatic heterocycles. The van der Waals surface area contributed by atoms with E-state index in [2.05, 4.69) is 155 Å². The number of amides is 2. The molecule has 7 aromatic rings. The van der Waals surface area contributed by atoms with Gasteiger partial charge in [0.15, 0.2) is 5.65 Å². The van der Waals surface area contributed by atoms with E-state index in [0.717, 1.165) is 88.9 Å². The highest BCUT2D eigenvalue weighted by Crippen LogP contribution is 2.44. The Balaban J connectivity index is 1.19. The lowest BCUT2D eigenvalue weighted by Crippen LogP contribution is -2.41. The minimum absolute atomic E-state index is 0.0781. The molecular formula is C57H64N6O4. The molecule has 10 nitrogen and oxygen atoms in total. The normalized spacial score (nSPS) is 16.0. The minimum Gasteiger partial charge on any atom is -0.444 e. The number of hydrogen-bond donors (Lipinski definition) is 2. The molecule has 1 atom stereocenters. The summed E-state index contributed by atoms with van der Waals surface area (Å²) >= 11 is 0. The Morgan fingerprint density at radius 1 is 0.687 bits per heavy atom. The van der Waals surface area contributed by atoms with Crippen LogP contribution in [0.3, 0.4) is 0 Å². The van der Waals surface area contributed by atoms with Gasteiger partial charge in [-0.05, 0) is 126 Å². The zero-order valence-electron chi connectivity index (χ0n) is 39.7. The third-order valence-electron chi connectivity index (χ3n) is 12.5. The van der Waals surface area contributed by atoms with Crippen molar-refractivity contribution in [3.63, 3.8) is 0 Å². The number of rotatable bonds is 14. The number of ether oxygens (including phenoxy) is 2. The molecule has 1 saturated carbocycles. The molecule has 5 aromatic carbocycles. The number of alkyl carbamates (subject to hydrolysis) is 2. The maximum Gasteiger partial charge on any atom is 0.407 e. The molecule has 8 rings (SSSR count). The molecule has 1 aliphatic carbocycles. The first-order chi connectivity index (χ1) is 32.2. The fourth-order valence-corrected chi connectivity index (χ4v) is 9.54. The first kappa shape index (κ1) is 46.7. The van der Waals surface area contributed by atoms with Gasteiger partial charge in [0.2, 0.25) is 0 Å². The lowest BCUT2D eigenvalue weighted by Gasteiger charge is -2.36. The van der Waals surface area contributed by atoms with Crippen molar-refractivity contribution in [1.82, 2.24) is 30.4 Å². The largest absolute Gasteiger partial charge is 0.444 e. The van der Waals surface area contributed by atoms with Crippen molar-refractivity contribution in [2.45, 2.75) is 115 Å². The summed E-state index contributed by atoms with van der Waals surface area (Å²) in [5, 5.41) is 12.6. The van der Waals surface area contributed by atoms with E-state index < -0.39 is 22.8 Å². The lowest BCUT2D eigenvalue weighted by atomic mass is 9.77. The van der Waals surface area contributed by atoms with Crippen molar-refractivity contribution in [2.24, 2.45) is 5.92 Å². The van der Waals surface area contributed by atoms with Gasteiger partial charge in [-0.2, -0.15) is 5.10 Å². The van der Waals surface area contributed by atoms with Crippen molar-refractivity contribution >= 4 is 23.2 Å². The predicted molar refractivity (Wildman–Crippen MR) is 266 cm³/mol. The molecule has 1 aliphatic rings. The first-order valence-corrected chi connectivity index (χ1v) is 23.8. The van der Waals surface area contributed by atoms with Gasteiger partial charge in [0.05, 0.1) is 5.39 Å². The van der Waals surface area contributed by atoms with Crippen LogP contribution in [0.4, 0.5) is 9.59 Å². The van der Waals surface area contributed by atoms with Crippen molar-refractivity contribution < 1.29 is 19.1 Å². The minimum atomic E-state index is -0.908. The summed E-state index contributed by atoms with van der Waals surface area (Å²) in [6.07, 6.45) is 7.04. The van der Waals surface area contributed by atoms with Crippen LogP contribution in [0.5, 0.6) is 0 Å². The maximum absolute atomic E-state index is 12.6. The molecule has 10 heteroatoms. The van der Waals surface area contributed by atoms with E-state index in [1.807, 2.05) is 53.8 Å². The van der Waals surface area contributed by atoms with Crippen LogP contribution in [0, 0.1) is 5.92 Å². The molecule has 67 heavy (non-hydrogen) atoms. The van der Waals surface area contributed by atoms with E-state index in [0.29, 0.717) is 18.9 Å². The summed E-state index contributed by atoms with van der Waals surface area (Å²) in [5.41, 5.74) is 6.02. The van der Waals surface area contributed by atoms with Crippen molar-refractivity contribution in [3.05, 3.63) is 185 Å². The Bertz CT molecular complexity index is 2620. The Kier molecular flexibility index (Phi) is 14.2. The number of nitrogens with one attached hydrogen (secondary N) is 2.